The molecule has 6 heteroatoms. The molecule has 2 rings (SSSR count). The molecule has 6 nitrogen and oxygen atoms in total. The number of carbonyl (C=O) groups excluding carboxylic acids is 2. The topological polar surface area (TPSA) is 76.7 Å². The van der Waals surface area contributed by atoms with Crippen molar-refractivity contribution in [3.05, 3.63) is 58.7 Å². The summed E-state index contributed by atoms with van der Waals surface area (Å²) in [6.07, 6.45) is 20.9. The van der Waals surface area contributed by atoms with Crippen molar-refractivity contribution in [1.82, 2.24) is 10.6 Å². The predicted octanol–water partition coefficient (Wildman–Crippen LogP) is 11.1. The first-order valence-electron chi connectivity index (χ1n) is 18.7. The van der Waals surface area contributed by atoms with Crippen molar-refractivity contribution in [3.63, 3.8) is 0 Å². The van der Waals surface area contributed by atoms with E-state index in [1.807, 2.05) is 24.3 Å². The molecule has 258 valence electrons. The Balaban J connectivity index is 1.72. The third-order valence-electron chi connectivity index (χ3n) is 8.67. The molecule has 0 heterocycles. The fourth-order valence-corrected chi connectivity index (χ4v) is 5.94. The quantitative estimate of drug-likeness (QED) is 0.106. The van der Waals surface area contributed by atoms with Gasteiger partial charge in [0, 0.05) is 13.1 Å². The lowest BCUT2D eigenvalue weighted by atomic mass is 9.96. The van der Waals surface area contributed by atoms with E-state index in [9.17, 15) is 9.59 Å². The second-order valence-corrected chi connectivity index (χ2v) is 12.7. The van der Waals surface area contributed by atoms with E-state index in [-0.39, 0.29) is 12.2 Å². The Morgan fingerprint density at radius 1 is 0.478 bits per heavy atom. The van der Waals surface area contributed by atoms with Gasteiger partial charge >= 0.3 is 12.2 Å². The minimum atomic E-state index is -0.379. The zero-order valence-electron chi connectivity index (χ0n) is 29.7. The third kappa shape index (κ3) is 16.0. The molecule has 2 aromatic rings. The van der Waals surface area contributed by atoms with Gasteiger partial charge < -0.3 is 20.1 Å². The summed E-state index contributed by atoms with van der Waals surface area (Å²) in [4.78, 5) is 25.2. The lowest BCUT2D eigenvalue weighted by Crippen LogP contribution is -2.28. The second kappa shape index (κ2) is 25.1. The Labute approximate surface area is 280 Å². The SMILES string of the molecule is CCCCCc1cccc(OC(=O)NCCCCCCNC(=O)Oc2cccc(CCCCC)c2CCCCC)c1CCCCC. The lowest BCUT2D eigenvalue weighted by Gasteiger charge is -2.15. The van der Waals surface area contributed by atoms with Crippen LogP contribution < -0.4 is 20.1 Å². The number of benzene rings is 2. The Morgan fingerprint density at radius 2 is 0.848 bits per heavy atom. The maximum Gasteiger partial charge on any atom is 0.412 e. The minimum absolute atomic E-state index is 0.379. The Kier molecular flexibility index (Phi) is 21.4. The van der Waals surface area contributed by atoms with Crippen LogP contribution in [-0.2, 0) is 25.7 Å². The number of amides is 2. The number of rotatable bonds is 25. The van der Waals surface area contributed by atoms with Crippen LogP contribution in [0.5, 0.6) is 11.5 Å². The van der Waals surface area contributed by atoms with Crippen LogP contribution in [-0.4, -0.2) is 25.3 Å². The molecular formula is C40H64N2O4. The Hall–Kier alpha value is -3.02. The van der Waals surface area contributed by atoms with Gasteiger partial charge in [-0.15, -0.1) is 0 Å². The van der Waals surface area contributed by atoms with E-state index in [2.05, 4.69) is 50.5 Å². The van der Waals surface area contributed by atoms with Gasteiger partial charge in [-0.25, -0.2) is 9.59 Å². The highest BCUT2D eigenvalue weighted by Crippen LogP contribution is 2.28. The number of ether oxygens (including phenoxy) is 2. The number of hydrogen-bond acceptors (Lipinski definition) is 4. The lowest BCUT2D eigenvalue weighted by molar-refractivity contribution is 0.198. The maximum atomic E-state index is 12.6. The van der Waals surface area contributed by atoms with Crippen molar-refractivity contribution < 1.29 is 19.1 Å². The highest BCUT2D eigenvalue weighted by molar-refractivity contribution is 5.71. The summed E-state index contributed by atoms with van der Waals surface area (Å²) in [5, 5.41) is 5.85. The van der Waals surface area contributed by atoms with Crippen molar-refractivity contribution in [2.24, 2.45) is 0 Å². The summed E-state index contributed by atoms with van der Waals surface area (Å²) in [5.74, 6) is 1.41. The van der Waals surface area contributed by atoms with Gasteiger partial charge in [-0.3, -0.25) is 0 Å². The van der Waals surface area contributed by atoms with Gasteiger partial charge in [-0.05, 0) is 98.6 Å². The fourth-order valence-electron chi connectivity index (χ4n) is 5.94. The van der Waals surface area contributed by atoms with Gasteiger partial charge in [-0.1, -0.05) is 116 Å². The van der Waals surface area contributed by atoms with E-state index in [0.717, 1.165) is 77.0 Å². The van der Waals surface area contributed by atoms with Gasteiger partial charge in [-0.2, -0.15) is 0 Å². The number of aryl methyl sites for hydroxylation is 2. The van der Waals surface area contributed by atoms with Crippen molar-refractivity contribution >= 4 is 12.2 Å². The molecule has 0 aliphatic carbocycles. The summed E-state index contributed by atoms with van der Waals surface area (Å²) in [7, 11) is 0. The summed E-state index contributed by atoms with van der Waals surface area (Å²) >= 11 is 0. The summed E-state index contributed by atoms with van der Waals surface area (Å²) in [6.45, 7) is 10.0. The molecule has 0 aliphatic rings. The van der Waals surface area contributed by atoms with Crippen LogP contribution >= 0.6 is 0 Å². The first-order valence-corrected chi connectivity index (χ1v) is 18.7. The predicted molar refractivity (Wildman–Crippen MR) is 192 cm³/mol. The largest absolute Gasteiger partial charge is 0.412 e. The summed E-state index contributed by atoms with van der Waals surface area (Å²) in [6, 6.07) is 12.3. The Bertz CT molecular complexity index is 1030. The molecule has 2 N–H and O–H groups in total. The van der Waals surface area contributed by atoms with Crippen LogP contribution in [0.2, 0.25) is 0 Å². The normalized spacial score (nSPS) is 11.0. The van der Waals surface area contributed by atoms with Gasteiger partial charge in [0.05, 0.1) is 0 Å². The smallest absolute Gasteiger partial charge is 0.410 e. The fraction of sp³-hybridized carbons (Fsp3) is 0.650. The van der Waals surface area contributed by atoms with Crippen molar-refractivity contribution in [3.8, 4) is 11.5 Å². The van der Waals surface area contributed by atoms with Crippen molar-refractivity contribution in [2.45, 2.75) is 156 Å². The van der Waals surface area contributed by atoms with Crippen LogP contribution in [0.1, 0.15) is 153 Å². The molecule has 0 spiro atoms. The molecule has 0 aliphatic heterocycles. The third-order valence-corrected chi connectivity index (χ3v) is 8.67. The van der Waals surface area contributed by atoms with Gasteiger partial charge in [0.15, 0.2) is 0 Å². The van der Waals surface area contributed by atoms with E-state index < -0.39 is 0 Å². The second-order valence-electron chi connectivity index (χ2n) is 12.7. The van der Waals surface area contributed by atoms with Gasteiger partial charge in [0.25, 0.3) is 0 Å². The van der Waals surface area contributed by atoms with Crippen LogP contribution in [0.4, 0.5) is 9.59 Å². The van der Waals surface area contributed by atoms with Crippen molar-refractivity contribution in [2.75, 3.05) is 13.1 Å². The number of hydrogen-bond donors (Lipinski definition) is 2. The van der Waals surface area contributed by atoms with Crippen LogP contribution in [0.25, 0.3) is 0 Å². The Morgan fingerprint density at radius 3 is 1.22 bits per heavy atom. The summed E-state index contributed by atoms with van der Waals surface area (Å²) < 4.78 is 11.6. The highest BCUT2D eigenvalue weighted by Gasteiger charge is 2.14. The van der Waals surface area contributed by atoms with E-state index in [4.69, 9.17) is 9.47 Å². The molecule has 0 saturated heterocycles. The minimum Gasteiger partial charge on any atom is -0.410 e. The number of unbranched alkanes of at least 4 members (excludes halogenated alkanes) is 11. The standard InChI is InChI=1S/C40H64N2O4/c1-5-9-15-23-33-25-21-29-37(35(33)27-17-11-7-3)45-39(43)41-31-19-13-14-20-32-42-40(44)46-38-30-22-26-34(24-16-10-6-2)36(38)28-18-12-8-4/h21-22,25-26,29-30H,5-20,23-24,27-28,31-32H2,1-4H3,(H,41,43)(H,42,44). The molecule has 0 atom stereocenters. The van der Waals surface area contributed by atoms with E-state index in [0.29, 0.717) is 24.6 Å². The van der Waals surface area contributed by atoms with Crippen molar-refractivity contribution in [1.29, 1.82) is 0 Å². The molecule has 0 aromatic heterocycles. The molecule has 0 saturated carbocycles. The average molecular weight is 637 g/mol. The van der Waals surface area contributed by atoms with Gasteiger partial charge in [0.1, 0.15) is 11.5 Å². The van der Waals surface area contributed by atoms with E-state index in [1.54, 1.807) is 0 Å². The number of nitrogens with one attached hydrogen (secondary N) is 2. The first-order chi connectivity index (χ1) is 22.5. The molecule has 2 aromatic carbocycles. The molecular weight excluding hydrogens is 572 g/mol. The molecule has 2 amide bonds. The average Bonchev–Trinajstić information content (AvgIpc) is 3.05. The maximum absolute atomic E-state index is 12.6. The van der Waals surface area contributed by atoms with Crippen LogP contribution in [0, 0.1) is 0 Å². The summed E-state index contributed by atoms with van der Waals surface area (Å²) in [5.41, 5.74) is 5.02. The zero-order chi connectivity index (χ0) is 33.2. The number of carbonyl (C=O) groups is 2. The molecule has 0 radical (unpaired) electrons. The molecule has 0 bridgehead atoms. The first kappa shape index (κ1) is 39.2. The molecule has 46 heavy (non-hydrogen) atoms. The van der Waals surface area contributed by atoms with E-state index in [1.165, 1.54) is 73.6 Å². The van der Waals surface area contributed by atoms with Gasteiger partial charge in [0.2, 0.25) is 0 Å². The zero-order valence-corrected chi connectivity index (χ0v) is 29.7. The van der Waals surface area contributed by atoms with Crippen LogP contribution in [0.3, 0.4) is 0 Å². The molecule has 0 unspecified atom stereocenters. The monoisotopic (exact) mass is 636 g/mol. The molecule has 0 fully saturated rings. The highest BCUT2D eigenvalue weighted by atomic mass is 16.6. The van der Waals surface area contributed by atoms with Crippen LogP contribution in [0.15, 0.2) is 36.4 Å². The van der Waals surface area contributed by atoms with E-state index >= 15 is 0 Å².